The molecule has 2 aromatic rings. The second kappa shape index (κ2) is 6.14. The number of amides is 1. The van der Waals surface area contributed by atoms with Gasteiger partial charge < -0.3 is 11.1 Å². The zero-order chi connectivity index (χ0) is 15.6. The minimum atomic E-state index is -0.326. The first-order valence-electron chi connectivity index (χ1n) is 6.50. The lowest BCUT2D eigenvalue weighted by Gasteiger charge is -2.15. The van der Waals surface area contributed by atoms with Crippen molar-refractivity contribution >= 4 is 23.2 Å². The Morgan fingerprint density at radius 2 is 2.00 bits per heavy atom. The summed E-state index contributed by atoms with van der Waals surface area (Å²) in [5, 5.41) is 3.19. The van der Waals surface area contributed by atoms with E-state index in [0.717, 1.165) is 0 Å². The van der Waals surface area contributed by atoms with Gasteiger partial charge in [-0.3, -0.25) is 4.79 Å². The molecule has 0 radical (unpaired) electrons. The molecule has 1 amide bonds. The van der Waals surface area contributed by atoms with Gasteiger partial charge in [-0.2, -0.15) is 0 Å². The highest BCUT2D eigenvalue weighted by Gasteiger charge is 2.13. The lowest BCUT2D eigenvalue weighted by atomic mass is 10.1. The predicted molar refractivity (Wildman–Crippen MR) is 82.9 cm³/mol. The molecule has 0 aliphatic carbocycles. The molecule has 3 nitrogen and oxygen atoms in total. The van der Waals surface area contributed by atoms with Gasteiger partial charge in [0.05, 0.1) is 6.04 Å². The molecule has 21 heavy (non-hydrogen) atoms. The normalized spacial score (nSPS) is 12.0. The summed E-state index contributed by atoms with van der Waals surface area (Å²) in [7, 11) is 0. The zero-order valence-corrected chi connectivity index (χ0v) is 12.5. The minimum Gasteiger partial charge on any atom is -0.399 e. The van der Waals surface area contributed by atoms with Crippen molar-refractivity contribution in [2.24, 2.45) is 0 Å². The van der Waals surface area contributed by atoms with E-state index in [1.54, 1.807) is 38.1 Å². The van der Waals surface area contributed by atoms with Crippen molar-refractivity contribution in [1.29, 1.82) is 0 Å². The molecule has 0 aliphatic rings. The summed E-state index contributed by atoms with van der Waals surface area (Å²) in [5.74, 6) is -0.599. The van der Waals surface area contributed by atoms with Crippen LogP contribution in [0.4, 0.5) is 10.1 Å². The highest BCUT2D eigenvalue weighted by Crippen LogP contribution is 2.19. The number of aryl methyl sites for hydroxylation is 1. The van der Waals surface area contributed by atoms with Crippen LogP contribution in [-0.2, 0) is 0 Å². The summed E-state index contributed by atoms with van der Waals surface area (Å²) >= 11 is 5.88. The van der Waals surface area contributed by atoms with Gasteiger partial charge in [-0.25, -0.2) is 4.39 Å². The van der Waals surface area contributed by atoms with Crippen LogP contribution in [0.25, 0.3) is 0 Å². The van der Waals surface area contributed by atoms with Crippen molar-refractivity contribution in [1.82, 2.24) is 5.32 Å². The molecular weight excluding hydrogens is 291 g/mol. The molecule has 5 heteroatoms. The fraction of sp³-hybridized carbons (Fsp3) is 0.188. The molecule has 0 aliphatic heterocycles. The standard InChI is InChI=1S/C16H16ClFN2O/c1-9-3-4-11(7-15(9)18)10(2)20-16(21)12-5-13(17)8-14(19)6-12/h3-8,10H,19H2,1-2H3,(H,20,21). The lowest BCUT2D eigenvalue weighted by Crippen LogP contribution is -2.26. The first-order chi connectivity index (χ1) is 9.86. The number of hydrogen-bond donors (Lipinski definition) is 2. The average molecular weight is 307 g/mol. The number of anilines is 1. The van der Waals surface area contributed by atoms with Gasteiger partial charge in [0.2, 0.25) is 0 Å². The van der Waals surface area contributed by atoms with Crippen molar-refractivity contribution in [2.45, 2.75) is 19.9 Å². The van der Waals surface area contributed by atoms with Crippen molar-refractivity contribution in [3.8, 4) is 0 Å². The number of nitrogen functional groups attached to an aromatic ring is 1. The van der Waals surface area contributed by atoms with Crippen LogP contribution in [0.5, 0.6) is 0 Å². The number of carbonyl (C=O) groups excluding carboxylic acids is 1. The predicted octanol–water partition coefficient (Wildman–Crippen LogP) is 3.86. The zero-order valence-electron chi connectivity index (χ0n) is 11.8. The van der Waals surface area contributed by atoms with Crippen molar-refractivity contribution in [3.63, 3.8) is 0 Å². The molecule has 0 heterocycles. The van der Waals surface area contributed by atoms with Crippen LogP contribution < -0.4 is 11.1 Å². The van der Waals surface area contributed by atoms with E-state index >= 15 is 0 Å². The van der Waals surface area contributed by atoms with Gasteiger partial charge >= 0.3 is 0 Å². The molecule has 2 aromatic carbocycles. The number of hydrogen-bond acceptors (Lipinski definition) is 2. The first kappa shape index (κ1) is 15.3. The van der Waals surface area contributed by atoms with Crippen LogP contribution in [0.2, 0.25) is 5.02 Å². The third-order valence-corrected chi connectivity index (χ3v) is 3.44. The van der Waals surface area contributed by atoms with Gasteiger partial charge in [0.25, 0.3) is 5.91 Å². The van der Waals surface area contributed by atoms with Gasteiger partial charge in [-0.1, -0.05) is 23.7 Å². The summed E-state index contributed by atoms with van der Waals surface area (Å²) in [6.45, 7) is 3.48. The Bertz CT molecular complexity index is 668. The molecule has 0 saturated carbocycles. The highest BCUT2D eigenvalue weighted by atomic mass is 35.5. The molecule has 0 spiro atoms. The first-order valence-corrected chi connectivity index (χ1v) is 6.87. The molecule has 110 valence electrons. The topological polar surface area (TPSA) is 55.1 Å². The Morgan fingerprint density at radius 3 is 2.62 bits per heavy atom. The third kappa shape index (κ3) is 3.73. The van der Waals surface area contributed by atoms with E-state index in [0.29, 0.717) is 27.4 Å². The van der Waals surface area contributed by atoms with E-state index in [4.69, 9.17) is 17.3 Å². The number of benzene rings is 2. The second-order valence-electron chi connectivity index (χ2n) is 4.98. The molecule has 0 saturated heterocycles. The fourth-order valence-electron chi connectivity index (χ4n) is 1.99. The fourth-order valence-corrected chi connectivity index (χ4v) is 2.23. The Kier molecular flexibility index (Phi) is 4.48. The van der Waals surface area contributed by atoms with Gasteiger partial charge in [0.15, 0.2) is 0 Å². The van der Waals surface area contributed by atoms with E-state index in [2.05, 4.69) is 5.32 Å². The summed E-state index contributed by atoms with van der Waals surface area (Å²) in [6, 6.07) is 9.22. The maximum Gasteiger partial charge on any atom is 0.251 e. The van der Waals surface area contributed by atoms with Gasteiger partial charge in [0.1, 0.15) is 5.82 Å². The van der Waals surface area contributed by atoms with Crippen LogP contribution in [0.1, 0.15) is 34.5 Å². The lowest BCUT2D eigenvalue weighted by molar-refractivity contribution is 0.0940. The molecule has 0 bridgehead atoms. The molecule has 3 N–H and O–H groups in total. The van der Waals surface area contributed by atoms with Crippen LogP contribution in [0.15, 0.2) is 36.4 Å². The number of carbonyl (C=O) groups is 1. The van der Waals surface area contributed by atoms with E-state index in [1.807, 2.05) is 0 Å². The number of nitrogens with one attached hydrogen (secondary N) is 1. The second-order valence-corrected chi connectivity index (χ2v) is 5.41. The molecule has 2 rings (SSSR count). The van der Waals surface area contributed by atoms with Crippen LogP contribution in [-0.4, -0.2) is 5.91 Å². The Morgan fingerprint density at radius 1 is 1.29 bits per heavy atom. The summed E-state index contributed by atoms with van der Waals surface area (Å²) in [5.41, 5.74) is 7.72. The van der Waals surface area contributed by atoms with Gasteiger partial charge in [-0.05, 0) is 49.2 Å². The summed E-state index contributed by atoms with van der Waals surface area (Å²) in [4.78, 5) is 12.2. The van der Waals surface area contributed by atoms with Crippen molar-refractivity contribution < 1.29 is 9.18 Å². The average Bonchev–Trinajstić information content (AvgIpc) is 2.40. The van der Waals surface area contributed by atoms with E-state index in [1.165, 1.54) is 12.1 Å². The number of rotatable bonds is 3. The third-order valence-electron chi connectivity index (χ3n) is 3.23. The van der Waals surface area contributed by atoms with E-state index in [9.17, 15) is 9.18 Å². The number of nitrogens with two attached hydrogens (primary N) is 1. The highest BCUT2D eigenvalue weighted by molar-refractivity contribution is 6.31. The van der Waals surface area contributed by atoms with Crippen molar-refractivity contribution in [2.75, 3.05) is 5.73 Å². The maximum absolute atomic E-state index is 13.6. The van der Waals surface area contributed by atoms with Gasteiger partial charge in [0, 0.05) is 16.3 Å². The molecular formula is C16H16ClFN2O. The SMILES string of the molecule is Cc1ccc(C(C)NC(=O)c2cc(N)cc(Cl)c2)cc1F. The molecule has 0 aromatic heterocycles. The van der Waals surface area contributed by atoms with Gasteiger partial charge in [-0.15, -0.1) is 0 Å². The number of halogens is 2. The summed E-state index contributed by atoms with van der Waals surface area (Å²) in [6.07, 6.45) is 0. The molecule has 0 fully saturated rings. The van der Waals surface area contributed by atoms with Crippen LogP contribution in [0, 0.1) is 12.7 Å². The van der Waals surface area contributed by atoms with Crippen LogP contribution >= 0.6 is 11.6 Å². The molecule has 1 unspecified atom stereocenters. The summed E-state index contributed by atoms with van der Waals surface area (Å²) < 4.78 is 13.6. The van der Waals surface area contributed by atoms with Crippen molar-refractivity contribution in [3.05, 3.63) is 63.9 Å². The minimum absolute atomic E-state index is 0.291. The largest absolute Gasteiger partial charge is 0.399 e. The Hall–Kier alpha value is -2.07. The van der Waals surface area contributed by atoms with E-state index < -0.39 is 0 Å². The smallest absolute Gasteiger partial charge is 0.251 e. The molecule has 1 atom stereocenters. The Balaban J connectivity index is 2.16. The Labute approximate surface area is 127 Å². The quantitative estimate of drug-likeness (QED) is 0.846. The van der Waals surface area contributed by atoms with Crippen LogP contribution in [0.3, 0.4) is 0 Å². The van der Waals surface area contributed by atoms with E-state index in [-0.39, 0.29) is 17.8 Å². The maximum atomic E-state index is 13.6. The monoisotopic (exact) mass is 306 g/mol.